The maximum atomic E-state index is 13.2. The van der Waals surface area contributed by atoms with E-state index in [2.05, 4.69) is 10.2 Å². The van der Waals surface area contributed by atoms with Crippen molar-refractivity contribution in [1.29, 1.82) is 0 Å². The van der Waals surface area contributed by atoms with Gasteiger partial charge in [0.15, 0.2) is 0 Å². The number of piperazine rings is 1. The number of rotatable bonds is 9. The van der Waals surface area contributed by atoms with Gasteiger partial charge >= 0.3 is 11.7 Å². The molecule has 0 unspecified atom stereocenters. The smallest absolute Gasteiger partial charge is 0.335 e. The molecule has 0 aromatic heterocycles. The zero-order valence-corrected chi connectivity index (χ0v) is 21.9. The standard InChI is InChI=1S/C23H30N4O7S.ClH/c1-15(2)14-18(23(29)30)24-16-4-6-17(7-5-16)35(33,34)20-9-8-19(21(22(20)28)27(31)32)26-12-10-25(3)11-13-26;/h4-9,15,18,24,28H,10-14H2,1-3H3,(H,29,30);1H/t18-;/m0./s1. The number of aliphatic carboxylic acids is 1. The number of nitrogens with one attached hydrogen (secondary N) is 1. The molecule has 0 spiro atoms. The van der Waals surface area contributed by atoms with E-state index < -0.39 is 43.1 Å². The number of carboxylic acid groups (broad SMARTS) is 1. The quantitative estimate of drug-likeness (QED) is 0.318. The first-order chi connectivity index (χ1) is 16.4. The van der Waals surface area contributed by atoms with Crippen LogP contribution in [-0.4, -0.2) is 73.7 Å². The number of nitro benzene ring substituents is 1. The van der Waals surface area contributed by atoms with Crippen LogP contribution < -0.4 is 10.2 Å². The number of hydrogen-bond acceptors (Lipinski definition) is 9. The monoisotopic (exact) mass is 542 g/mol. The second-order valence-corrected chi connectivity index (χ2v) is 10.9. The van der Waals surface area contributed by atoms with E-state index in [-0.39, 0.29) is 28.9 Å². The number of phenols is 1. The summed E-state index contributed by atoms with van der Waals surface area (Å²) in [5.74, 6) is -1.79. The van der Waals surface area contributed by atoms with Crippen molar-refractivity contribution in [2.75, 3.05) is 43.4 Å². The van der Waals surface area contributed by atoms with Crippen LogP contribution in [0.25, 0.3) is 0 Å². The minimum Gasteiger partial charge on any atom is -0.501 e. The molecule has 1 saturated heterocycles. The van der Waals surface area contributed by atoms with Gasteiger partial charge in [-0.05, 0) is 55.8 Å². The summed E-state index contributed by atoms with van der Waals surface area (Å²) in [6, 6.07) is 7.08. The molecule has 1 heterocycles. The van der Waals surface area contributed by atoms with Gasteiger partial charge < -0.3 is 25.3 Å². The number of carbonyl (C=O) groups is 1. The Hall–Kier alpha value is -3.09. The van der Waals surface area contributed by atoms with E-state index in [1.165, 1.54) is 36.4 Å². The van der Waals surface area contributed by atoms with Crippen LogP contribution in [0.5, 0.6) is 5.75 Å². The lowest BCUT2D eigenvalue weighted by Gasteiger charge is -2.33. The van der Waals surface area contributed by atoms with Gasteiger partial charge in [0.05, 0.1) is 9.82 Å². The number of halogens is 1. The third kappa shape index (κ3) is 6.37. The van der Waals surface area contributed by atoms with Crippen LogP contribution in [0.4, 0.5) is 17.1 Å². The maximum Gasteiger partial charge on any atom is 0.335 e. The molecule has 0 bridgehead atoms. The lowest BCUT2D eigenvalue weighted by atomic mass is 10.0. The number of carboxylic acids is 1. The zero-order chi connectivity index (χ0) is 25.9. The molecule has 11 nitrogen and oxygen atoms in total. The second kappa shape index (κ2) is 11.8. The van der Waals surface area contributed by atoms with Crippen molar-refractivity contribution in [3.63, 3.8) is 0 Å². The Kier molecular flexibility index (Phi) is 9.52. The largest absolute Gasteiger partial charge is 0.501 e. The van der Waals surface area contributed by atoms with Gasteiger partial charge in [-0.1, -0.05) is 13.8 Å². The molecule has 0 aliphatic carbocycles. The van der Waals surface area contributed by atoms with Crippen molar-refractivity contribution in [1.82, 2.24) is 4.90 Å². The molecule has 1 aliphatic heterocycles. The Balaban J connectivity index is 0.00000456. The van der Waals surface area contributed by atoms with Crippen molar-refractivity contribution < 1.29 is 28.3 Å². The molecule has 0 saturated carbocycles. The van der Waals surface area contributed by atoms with Crippen LogP contribution in [0.1, 0.15) is 20.3 Å². The van der Waals surface area contributed by atoms with E-state index in [4.69, 9.17) is 0 Å². The van der Waals surface area contributed by atoms with Crippen molar-refractivity contribution in [3.05, 3.63) is 46.5 Å². The summed E-state index contributed by atoms with van der Waals surface area (Å²) >= 11 is 0. The Labute approximate surface area is 216 Å². The van der Waals surface area contributed by atoms with Gasteiger partial charge in [-0.25, -0.2) is 13.2 Å². The van der Waals surface area contributed by atoms with Gasteiger partial charge in [0.1, 0.15) is 16.6 Å². The lowest BCUT2D eigenvalue weighted by molar-refractivity contribution is -0.385. The number of anilines is 2. The number of sulfone groups is 1. The van der Waals surface area contributed by atoms with Crippen molar-refractivity contribution in [2.24, 2.45) is 5.92 Å². The van der Waals surface area contributed by atoms with Crippen LogP contribution in [0.15, 0.2) is 46.2 Å². The molecule has 3 N–H and O–H groups in total. The maximum absolute atomic E-state index is 13.2. The molecule has 2 aromatic carbocycles. The highest BCUT2D eigenvalue weighted by atomic mass is 35.5. The fourth-order valence-electron chi connectivity index (χ4n) is 4.00. The topological polar surface area (TPSA) is 153 Å². The predicted octanol–water partition coefficient (Wildman–Crippen LogP) is 3.22. The van der Waals surface area contributed by atoms with Crippen LogP contribution >= 0.6 is 12.4 Å². The summed E-state index contributed by atoms with van der Waals surface area (Å²) in [6.45, 7) is 6.16. The molecule has 0 radical (unpaired) electrons. The number of benzene rings is 2. The molecular weight excluding hydrogens is 512 g/mol. The average Bonchev–Trinajstić information content (AvgIpc) is 2.78. The number of nitrogens with zero attached hydrogens (tertiary/aromatic N) is 3. The number of nitro groups is 1. The highest BCUT2D eigenvalue weighted by Crippen LogP contribution is 2.43. The summed E-state index contributed by atoms with van der Waals surface area (Å²) < 4.78 is 26.5. The van der Waals surface area contributed by atoms with Gasteiger partial charge in [0.25, 0.3) is 0 Å². The summed E-state index contributed by atoms with van der Waals surface area (Å²) in [5.41, 5.74) is -0.0616. The van der Waals surface area contributed by atoms with Crippen molar-refractivity contribution in [3.8, 4) is 5.75 Å². The minimum atomic E-state index is -4.29. The molecule has 13 heteroatoms. The lowest BCUT2D eigenvalue weighted by Crippen LogP contribution is -2.44. The van der Waals surface area contributed by atoms with E-state index in [1.807, 2.05) is 20.9 Å². The molecule has 198 valence electrons. The van der Waals surface area contributed by atoms with E-state index in [9.17, 15) is 33.5 Å². The first-order valence-electron chi connectivity index (χ1n) is 11.2. The van der Waals surface area contributed by atoms with E-state index in [0.29, 0.717) is 38.3 Å². The molecule has 2 aromatic rings. The fourth-order valence-corrected chi connectivity index (χ4v) is 5.35. The van der Waals surface area contributed by atoms with E-state index in [1.54, 1.807) is 4.90 Å². The molecule has 3 rings (SSSR count). The summed E-state index contributed by atoms with van der Waals surface area (Å²) in [6.07, 6.45) is 0.382. The SMILES string of the molecule is CC(C)C[C@H](Nc1ccc(S(=O)(=O)c2ccc(N3CCN(C)CC3)c([N+](=O)[O-])c2O)cc1)C(=O)O.Cl. The Bertz CT molecular complexity index is 1200. The van der Waals surface area contributed by atoms with Gasteiger partial charge in [-0.2, -0.15) is 0 Å². The van der Waals surface area contributed by atoms with Crippen molar-refractivity contribution >= 4 is 45.3 Å². The average molecular weight is 543 g/mol. The second-order valence-electron chi connectivity index (χ2n) is 9.02. The first-order valence-corrected chi connectivity index (χ1v) is 12.7. The van der Waals surface area contributed by atoms with Crippen molar-refractivity contribution in [2.45, 2.75) is 36.1 Å². The number of likely N-dealkylation sites (N-methyl/N-ethyl adjacent to an activating group) is 1. The number of aromatic hydroxyl groups is 1. The Morgan fingerprint density at radius 3 is 2.19 bits per heavy atom. The number of hydrogen-bond donors (Lipinski definition) is 3. The van der Waals surface area contributed by atoms with Crippen LogP contribution in [0.2, 0.25) is 0 Å². The molecule has 1 aliphatic rings. The Morgan fingerprint density at radius 2 is 1.69 bits per heavy atom. The van der Waals surface area contributed by atoms with Crippen LogP contribution in [0, 0.1) is 16.0 Å². The Morgan fingerprint density at radius 1 is 1.11 bits per heavy atom. The predicted molar refractivity (Wildman–Crippen MR) is 138 cm³/mol. The fraction of sp³-hybridized carbons (Fsp3) is 0.435. The van der Waals surface area contributed by atoms with Gasteiger partial charge in [0, 0.05) is 31.9 Å². The van der Waals surface area contributed by atoms with E-state index in [0.717, 1.165) is 0 Å². The third-order valence-electron chi connectivity index (χ3n) is 5.92. The van der Waals surface area contributed by atoms with Gasteiger partial charge in [0.2, 0.25) is 15.6 Å². The minimum absolute atomic E-state index is 0. The van der Waals surface area contributed by atoms with Gasteiger partial charge in [-0.3, -0.25) is 10.1 Å². The highest BCUT2D eigenvalue weighted by Gasteiger charge is 2.33. The highest BCUT2D eigenvalue weighted by molar-refractivity contribution is 7.91. The molecule has 36 heavy (non-hydrogen) atoms. The summed E-state index contributed by atoms with van der Waals surface area (Å²) in [4.78, 5) is 25.6. The summed E-state index contributed by atoms with van der Waals surface area (Å²) in [7, 11) is -2.35. The zero-order valence-electron chi connectivity index (χ0n) is 20.2. The molecule has 1 fully saturated rings. The molecule has 1 atom stereocenters. The molecular formula is C23H31ClN4O7S. The molecule has 0 amide bonds. The summed E-state index contributed by atoms with van der Waals surface area (Å²) in [5, 5.41) is 34.8. The van der Waals surface area contributed by atoms with Crippen LogP contribution in [-0.2, 0) is 14.6 Å². The first kappa shape index (κ1) is 29.1. The van der Waals surface area contributed by atoms with Crippen LogP contribution in [0.3, 0.4) is 0 Å². The van der Waals surface area contributed by atoms with E-state index >= 15 is 0 Å². The number of phenolic OH excluding ortho intramolecular Hbond substituents is 1. The normalized spacial score (nSPS) is 15.3. The third-order valence-corrected chi connectivity index (χ3v) is 7.72. The van der Waals surface area contributed by atoms with Gasteiger partial charge in [-0.15, -0.1) is 12.4 Å².